The van der Waals surface area contributed by atoms with Gasteiger partial charge < -0.3 is 16.2 Å². The van der Waals surface area contributed by atoms with Crippen LogP contribution in [0.4, 0.5) is 11.5 Å². The molecule has 1 heterocycles. The van der Waals surface area contributed by atoms with Crippen molar-refractivity contribution in [3.63, 3.8) is 0 Å². The van der Waals surface area contributed by atoms with Crippen molar-refractivity contribution < 1.29 is 4.74 Å². The first-order valence-electron chi connectivity index (χ1n) is 5.03. The van der Waals surface area contributed by atoms with Gasteiger partial charge in [-0.2, -0.15) is 4.98 Å². The van der Waals surface area contributed by atoms with Crippen molar-refractivity contribution in [2.75, 3.05) is 17.7 Å². The zero-order valence-electron chi connectivity index (χ0n) is 9.38. The Labute approximate surface area is 104 Å². The second kappa shape index (κ2) is 4.97. The molecule has 0 bridgehead atoms. The van der Waals surface area contributed by atoms with Crippen molar-refractivity contribution in [3.8, 4) is 11.6 Å². The average molecular weight is 247 g/mol. The third kappa shape index (κ3) is 2.62. The Morgan fingerprint density at radius 2 is 1.88 bits per heavy atom. The molecule has 0 saturated heterocycles. The van der Waals surface area contributed by atoms with Crippen LogP contribution < -0.4 is 16.2 Å². The van der Waals surface area contributed by atoms with Crippen molar-refractivity contribution in [2.45, 2.75) is 4.90 Å². The maximum Gasteiger partial charge on any atom is 0.221 e. The number of nitrogen functional groups attached to an aromatic ring is 2. The molecule has 0 amide bonds. The normalized spacial score (nSPS) is 10.2. The van der Waals surface area contributed by atoms with Gasteiger partial charge in [0, 0.05) is 11.0 Å². The number of aromatic nitrogens is 1. The van der Waals surface area contributed by atoms with E-state index in [1.165, 1.54) is 0 Å². The molecule has 5 heteroatoms. The van der Waals surface area contributed by atoms with Gasteiger partial charge in [-0.1, -0.05) is 12.1 Å². The smallest absolute Gasteiger partial charge is 0.221 e. The molecule has 0 aliphatic rings. The first kappa shape index (κ1) is 11.6. The number of para-hydroxylation sites is 1. The highest BCUT2D eigenvalue weighted by atomic mass is 32.2. The number of pyridine rings is 1. The minimum absolute atomic E-state index is 0.282. The molecule has 0 aliphatic carbocycles. The van der Waals surface area contributed by atoms with Crippen LogP contribution in [0.3, 0.4) is 0 Å². The van der Waals surface area contributed by atoms with Crippen LogP contribution in [0.2, 0.25) is 0 Å². The van der Waals surface area contributed by atoms with Gasteiger partial charge in [-0.25, -0.2) is 0 Å². The molecule has 0 fully saturated rings. The van der Waals surface area contributed by atoms with Crippen LogP contribution in [0.1, 0.15) is 0 Å². The van der Waals surface area contributed by atoms with Gasteiger partial charge in [0.25, 0.3) is 0 Å². The van der Waals surface area contributed by atoms with E-state index < -0.39 is 0 Å². The van der Waals surface area contributed by atoms with Crippen LogP contribution in [0.15, 0.2) is 41.3 Å². The van der Waals surface area contributed by atoms with E-state index in [4.69, 9.17) is 16.2 Å². The predicted octanol–water partition coefficient (Wildman–Crippen LogP) is 2.76. The van der Waals surface area contributed by atoms with Gasteiger partial charge in [-0.3, -0.25) is 0 Å². The number of hydrogen-bond acceptors (Lipinski definition) is 5. The van der Waals surface area contributed by atoms with Gasteiger partial charge in [0.05, 0.1) is 5.69 Å². The molecule has 88 valence electrons. The summed E-state index contributed by atoms with van der Waals surface area (Å²) < 4.78 is 5.67. The summed E-state index contributed by atoms with van der Waals surface area (Å²) in [5.41, 5.74) is 11.7. The molecule has 4 nitrogen and oxygen atoms in total. The van der Waals surface area contributed by atoms with Crippen LogP contribution in [0, 0.1) is 0 Å². The highest BCUT2D eigenvalue weighted by Crippen LogP contribution is 2.31. The number of anilines is 2. The number of benzene rings is 1. The summed E-state index contributed by atoms with van der Waals surface area (Å²) in [4.78, 5) is 5.11. The fourth-order valence-corrected chi connectivity index (χ4v) is 1.87. The summed E-state index contributed by atoms with van der Waals surface area (Å²) in [6.45, 7) is 0. The molecule has 0 unspecified atom stereocenters. The van der Waals surface area contributed by atoms with Crippen LogP contribution >= 0.6 is 11.8 Å². The fourth-order valence-electron chi connectivity index (χ4n) is 1.34. The maximum absolute atomic E-state index is 5.67. The molecular weight excluding hydrogens is 234 g/mol. The van der Waals surface area contributed by atoms with E-state index in [0.717, 1.165) is 10.6 Å². The number of thioether (sulfide) groups is 1. The molecular formula is C12H13N3OS. The van der Waals surface area contributed by atoms with E-state index in [-0.39, 0.29) is 5.82 Å². The van der Waals surface area contributed by atoms with Gasteiger partial charge >= 0.3 is 0 Å². The minimum atomic E-state index is 0.282. The third-order valence-electron chi connectivity index (χ3n) is 2.22. The largest absolute Gasteiger partial charge is 0.438 e. The van der Waals surface area contributed by atoms with Gasteiger partial charge in [-0.05, 0) is 24.5 Å². The average Bonchev–Trinajstić information content (AvgIpc) is 2.34. The third-order valence-corrected chi connectivity index (χ3v) is 2.99. The second-order valence-electron chi connectivity index (χ2n) is 3.38. The lowest BCUT2D eigenvalue weighted by Gasteiger charge is -2.09. The Morgan fingerprint density at radius 3 is 2.59 bits per heavy atom. The summed E-state index contributed by atoms with van der Waals surface area (Å²) in [7, 11) is 0. The Balaban J connectivity index is 2.28. The van der Waals surface area contributed by atoms with Crippen LogP contribution in [0.5, 0.6) is 11.6 Å². The van der Waals surface area contributed by atoms with Crippen LogP contribution in [0.25, 0.3) is 0 Å². The Kier molecular flexibility index (Phi) is 3.39. The van der Waals surface area contributed by atoms with Crippen molar-refractivity contribution in [1.29, 1.82) is 0 Å². The van der Waals surface area contributed by atoms with E-state index in [2.05, 4.69) is 4.98 Å². The van der Waals surface area contributed by atoms with Crippen LogP contribution in [-0.2, 0) is 0 Å². The monoisotopic (exact) mass is 247 g/mol. The first-order chi connectivity index (χ1) is 8.20. The van der Waals surface area contributed by atoms with Gasteiger partial charge in [0.1, 0.15) is 5.75 Å². The SMILES string of the molecule is CSc1ccccc1Oc1ccc(N)c(N)n1. The number of ether oxygens (including phenoxy) is 1. The molecule has 2 aromatic rings. The van der Waals surface area contributed by atoms with Crippen LogP contribution in [-0.4, -0.2) is 11.2 Å². The molecule has 0 saturated carbocycles. The lowest BCUT2D eigenvalue weighted by atomic mass is 10.3. The van der Waals surface area contributed by atoms with Gasteiger partial charge in [0.2, 0.25) is 5.88 Å². The highest BCUT2D eigenvalue weighted by Gasteiger charge is 2.05. The van der Waals surface area contributed by atoms with E-state index >= 15 is 0 Å². The molecule has 2 rings (SSSR count). The van der Waals surface area contributed by atoms with E-state index in [1.807, 2.05) is 30.5 Å². The summed E-state index contributed by atoms with van der Waals surface area (Å²) in [6, 6.07) is 11.1. The van der Waals surface area contributed by atoms with Gasteiger partial charge in [0.15, 0.2) is 5.82 Å². The lowest BCUT2D eigenvalue weighted by molar-refractivity contribution is 0.453. The number of nitrogens with two attached hydrogens (primary N) is 2. The molecule has 4 N–H and O–H groups in total. The maximum atomic E-state index is 5.67. The van der Waals surface area contributed by atoms with Crippen molar-refractivity contribution in [2.24, 2.45) is 0 Å². The molecule has 1 aromatic heterocycles. The molecule has 0 atom stereocenters. The molecule has 17 heavy (non-hydrogen) atoms. The quantitative estimate of drug-likeness (QED) is 0.816. The van der Waals surface area contributed by atoms with E-state index in [1.54, 1.807) is 23.9 Å². The Morgan fingerprint density at radius 1 is 1.12 bits per heavy atom. The fraction of sp³-hybridized carbons (Fsp3) is 0.0833. The lowest BCUT2D eigenvalue weighted by Crippen LogP contribution is -1.99. The molecule has 0 radical (unpaired) electrons. The first-order valence-corrected chi connectivity index (χ1v) is 6.26. The number of nitrogens with zero attached hydrogens (tertiary/aromatic N) is 1. The van der Waals surface area contributed by atoms with Crippen molar-refractivity contribution >= 4 is 23.3 Å². The Bertz CT molecular complexity index is 531. The molecule has 0 aliphatic heterocycles. The predicted molar refractivity (Wildman–Crippen MR) is 71.4 cm³/mol. The standard InChI is InChI=1S/C12H13N3OS/c1-17-10-5-3-2-4-9(10)16-11-7-6-8(13)12(14)15-11/h2-7H,13H2,1H3,(H2,14,15). The summed E-state index contributed by atoms with van der Waals surface area (Å²) >= 11 is 1.61. The summed E-state index contributed by atoms with van der Waals surface area (Å²) in [5.74, 6) is 1.49. The van der Waals surface area contributed by atoms with Crippen molar-refractivity contribution in [3.05, 3.63) is 36.4 Å². The topological polar surface area (TPSA) is 74.2 Å². The minimum Gasteiger partial charge on any atom is -0.438 e. The number of rotatable bonds is 3. The van der Waals surface area contributed by atoms with Gasteiger partial charge in [-0.15, -0.1) is 11.8 Å². The van der Waals surface area contributed by atoms with E-state index in [0.29, 0.717) is 11.6 Å². The summed E-state index contributed by atoms with van der Waals surface area (Å²) in [5, 5.41) is 0. The zero-order valence-corrected chi connectivity index (χ0v) is 10.2. The highest BCUT2D eigenvalue weighted by molar-refractivity contribution is 7.98. The van der Waals surface area contributed by atoms with E-state index in [9.17, 15) is 0 Å². The van der Waals surface area contributed by atoms with Crippen molar-refractivity contribution in [1.82, 2.24) is 4.98 Å². The zero-order chi connectivity index (χ0) is 12.3. The number of hydrogen-bond donors (Lipinski definition) is 2. The molecule has 0 spiro atoms. The second-order valence-corrected chi connectivity index (χ2v) is 4.22. The Hall–Kier alpha value is -1.88. The summed E-state index contributed by atoms with van der Waals surface area (Å²) in [6.07, 6.45) is 1.99. The molecule has 1 aromatic carbocycles.